The highest BCUT2D eigenvalue weighted by Crippen LogP contribution is 2.34. The van der Waals surface area contributed by atoms with Gasteiger partial charge in [0.25, 0.3) is 0 Å². The molecule has 1 aliphatic carbocycles. The zero-order valence-corrected chi connectivity index (χ0v) is 11.1. The highest BCUT2D eigenvalue weighted by Gasteiger charge is 2.36. The molecule has 0 aromatic carbocycles. The van der Waals surface area contributed by atoms with E-state index < -0.39 is 0 Å². The highest BCUT2D eigenvalue weighted by atomic mass is 16.7. The molecule has 3 heteroatoms. The van der Waals surface area contributed by atoms with E-state index in [1.807, 2.05) is 0 Å². The minimum Gasteiger partial charge on any atom is -0.386 e. The molecule has 1 saturated heterocycles. The molecule has 2 rings (SSSR count). The van der Waals surface area contributed by atoms with Crippen molar-refractivity contribution in [2.45, 2.75) is 64.2 Å². The molecule has 17 heavy (non-hydrogen) atoms. The van der Waals surface area contributed by atoms with Crippen LogP contribution in [0.5, 0.6) is 0 Å². The first-order valence-electron chi connectivity index (χ1n) is 6.86. The van der Waals surface area contributed by atoms with Crippen molar-refractivity contribution in [3.8, 4) is 0 Å². The van der Waals surface area contributed by atoms with E-state index in [-0.39, 0.29) is 0 Å². The molecule has 4 atom stereocenters. The zero-order valence-electron chi connectivity index (χ0n) is 11.1. The minimum absolute atomic E-state index is 0.357. The van der Waals surface area contributed by atoms with E-state index in [0.717, 1.165) is 30.9 Å². The molecule has 0 bridgehead atoms. The summed E-state index contributed by atoms with van der Waals surface area (Å²) in [4.78, 5) is 0. The maximum atomic E-state index is 5.61. The fourth-order valence-electron chi connectivity index (χ4n) is 2.99. The van der Waals surface area contributed by atoms with Crippen LogP contribution in [0.2, 0.25) is 0 Å². The lowest BCUT2D eigenvalue weighted by molar-refractivity contribution is 0.0386. The third-order valence-electron chi connectivity index (χ3n) is 3.97. The monoisotopic (exact) mass is 239 g/mol. The minimum atomic E-state index is 0.357. The Hall–Kier alpha value is -0.540. The third-order valence-corrected chi connectivity index (χ3v) is 3.97. The van der Waals surface area contributed by atoms with Gasteiger partial charge in [-0.3, -0.25) is 0 Å². The van der Waals surface area contributed by atoms with E-state index in [0.29, 0.717) is 25.0 Å². The second-order valence-electron chi connectivity index (χ2n) is 5.45. The Morgan fingerprint density at radius 1 is 1.35 bits per heavy atom. The zero-order chi connectivity index (χ0) is 12.3. The molecule has 3 nitrogen and oxygen atoms in total. The first-order chi connectivity index (χ1) is 8.19. The Morgan fingerprint density at radius 2 is 2.12 bits per heavy atom. The Morgan fingerprint density at radius 3 is 2.88 bits per heavy atom. The third kappa shape index (κ3) is 3.46. The van der Waals surface area contributed by atoms with E-state index >= 15 is 0 Å². The molecule has 0 amide bonds. The molecule has 1 N–H and O–H groups in total. The predicted octanol–water partition coefficient (Wildman–Crippen LogP) is 2.82. The number of hydrogen-bond donors (Lipinski definition) is 1. The van der Waals surface area contributed by atoms with Crippen molar-refractivity contribution >= 4 is 0 Å². The van der Waals surface area contributed by atoms with Gasteiger partial charge in [-0.1, -0.05) is 13.5 Å². The van der Waals surface area contributed by atoms with Gasteiger partial charge in [0.15, 0.2) is 0 Å². The fraction of sp³-hybridized carbons (Fsp3) is 0.857. The van der Waals surface area contributed by atoms with E-state index in [4.69, 9.17) is 9.47 Å². The number of nitrogens with one attached hydrogen (secondary N) is 1. The van der Waals surface area contributed by atoms with Gasteiger partial charge in [0, 0.05) is 11.7 Å². The average molecular weight is 239 g/mol. The van der Waals surface area contributed by atoms with Gasteiger partial charge in [0.05, 0.1) is 12.2 Å². The summed E-state index contributed by atoms with van der Waals surface area (Å²) < 4.78 is 11.2. The lowest BCUT2D eigenvalue weighted by Gasteiger charge is -2.31. The van der Waals surface area contributed by atoms with Gasteiger partial charge in [0.2, 0.25) is 0 Å². The molecular formula is C14H25NO2. The van der Waals surface area contributed by atoms with Crippen LogP contribution in [0.15, 0.2) is 12.3 Å². The average Bonchev–Trinajstić information content (AvgIpc) is 2.75. The Kier molecular flexibility index (Phi) is 4.46. The van der Waals surface area contributed by atoms with Crippen molar-refractivity contribution in [1.29, 1.82) is 0 Å². The van der Waals surface area contributed by atoms with Crippen molar-refractivity contribution < 1.29 is 9.47 Å². The van der Waals surface area contributed by atoms with Gasteiger partial charge in [0.1, 0.15) is 6.79 Å². The quantitative estimate of drug-likeness (QED) is 0.800. The maximum Gasteiger partial charge on any atom is 0.147 e. The standard InChI is InChI=1S/C14H25NO2/c1-4-10(2)15-11(3)7-12-5-6-13-14(8-12)17-9-16-13/h11-15H,2,4-9H2,1,3H3. The SMILES string of the molecule is C=C(CC)NC(C)CC1CCC2OCOC2C1. The van der Waals surface area contributed by atoms with Crippen LogP contribution in [0.25, 0.3) is 0 Å². The Labute approximate surface area is 105 Å². The van der Waals surface area contributed by atoms with Gasteiger partial charge in [-0.05, 0) is 44.9 Å². The lowest BCUT2D eigenvalue weighted by Crippen LogP contribution is -2.34. The summed E-state index contributed by atoms with van der Waals surface area (Å²) in [6.07, 6.45) is 6.55. The summed E-state index contributed by atoms with van der Waals surface area (Å²) in [6.45, 7) is 8.89. The maximum absolute atomic E-state index is 5.61. The van der Waals surface area contributed by atoms with Crippen molar-refractivity contribution in [2.24, 2.45) is 5.92 Å². The van der Waals surface area contributed by atoms with Crippen LogP contribution in [0, 0.1) is 5.92 Å². The summed E-state index contributed by atoms with van der Waals surface area (Å²) in [6, 6.07) is 0.520. The van der Waals surface area contributed by atoms with E-state index in [9.17, 15) is 0 Å². The Bertz CT molecular complexity index is 267. The molecule has 0 spiro atoms. The van der Waals surface area contributed by atoms with Crippen LogP contribution >= 0.6 is 0 Å². The molecule has 0 aromatic rings. The molecule has 2 fully saturated rings. The molecule has 0 aromatic heterocycles. The van der Waals surface area contributed by atoms with Crippen molar-refractivity contribution in [1.82, 2.24) is 5.32 Å². The number of allylic oxidation sites excluding steroid dienone is 1. The molecule has 1 saturated carbocycles. The largest absolute Gasteiger partial charge is 0.386 e. The molecule has 0 radical (unpaired) electrons. The van der Waals surface area contributed by atoms with Gasteiger partial charge in [-0.2, -0.15) is 0 Å². The van der Waals surface area contributed by atoms with Gasteiger partial charge >= 0.3 is 0 Å². The number of ether oxygens (including phenoxy) is 2. The highest BCUT2D eigenvalue weighted by molar-refractivity contribution is 4.93. The Balaban J connectivity index is 1.74. The van der Waals surface area contributed by atoms with Crippen molar-refractivity contribution in [3.63, 3.8) is 0 Å². The van der Waals surface area contributed by atoms with Crippen molar-refractivity contribution in [2.75, 3.05) is 6.79 Å². The number of fused-ring (bicyclic) bond motifs is 1. The molecule has 2 aliphatic rings. The van der Waals surface area contributed by atoms with Crippen LogP contribution < -0.4 is 5.32 Å². The molecule has 1 aliphatic heterocycles. The summed E-state index contributed by atoms with van der Waals surface area (Å²) in [5, 5.41) is 3.47. The van der Waals surface area contributed by atoms with E-state index in [1.165, 1.54) is 12.8 Å². The molecule has 4 unspecified atom stereocenters. The lowest BCUT2D eigenvalue weighted by atomic mass is 9.82. The number of rotatable bonds is 5. The predicted molar refractivity (Wildman–Crippen MR) is 68.6 cm³/mol. The van der Waals surface area contributed by atoms with Crippen LogP contribution in [-0.4, -0.2) is 25.0 Å². The van der Waals surface area contributed by atoms with E-state index in [1.54, 1.807) is 0 Å². The van der Waals surface area contributed by atoms with Crippen LogP contribution in [0.3, 0.4) is 0 Å². The summed E-state index contributed by atoms with van der Waals surface area (Å²) in [5.74, 6) is 0.769. The van der Waals surface area contributed by atoms with Gasteiger partial charge < -0.3 is 14.8 Å². The molecule has 1 heterocycles. The van der Waals surface area contributed by atoms with Crippen LogP contribution in [-0.2, 0) is 9.47 Å². The summed E-state index contributed by atoms with van der Waals surface area (Å²) >= 11 is 0. The normalized spacial score (nSPS) is 34.1. The summed E-state index contributed by atoms with van der Waals surface area (Å²) in [5.41, 5.74) is 1.15. The van der Waals surface area contributed by atoms with Gasteiger partial charge in [-0.15, -0.1) is 0 Å². The fourth-order valence-corrected chi connectivity index (χ4v) is 2.99. The second kappa shape index (κ2) is 5.87. The first kappa shape index (κ1) is 12.9. The smallest absolute Gasteiger partial charge is 0.147 e. The van der Waals surface area contributed by atoms with E-state index in [2.05, 4.69) is 25.7 Å². The van der Waals surface area contributed by atoms with Gasteiger partial charge in [-0.25, -0.2) is 0 Å². The van der Waals surface area contributed by atoms with Crippen molar-refractivity contribution in [3.05, 3.63) is 12.3 Å². The number of hydrogen-bond acceptors (Lipinski definition) is 3. The molecular weight excluding hydrogens is 214 g/mol. The summed E-state index contributed by atoms with van der Waals surface area (Å²) in [7, 11) is 0. The topological polar surface area (TPSA) is 30.5 Å². The van der Waals surface area contributed by atoms with Crippen LogP contribution in [0.1, 0.15) is 46.0 Å². The van der Waals surface area contributed by atoms with Crippen LogP contribution in [0.4, 0.5) is 0 Å². The molecule has 98 valence electrons. The second-order valence-corrected chi connectivity index (χ2v) is 5.45. The first-order valence-corrected chi connectivity index (χ1v) is 6.86.